The Morgan fingerprint density at radius 3 is 2.59 bits per heavy atom. The Hall–Kier alpha value is -2.83. The van der Waals surface area contributed by atoms with E-state index in [-0.39, 0.29) is 29.7 Å². The molecule has 4 rings (SSSR count). The van der Waals surface area contributed by atoms with Crippen LogP contribution in [0, 0.1) is 17.2 Å². The minimum atomic E-state index is -0.643. The number of nitrogens with zero attached hydrogens (tertiary/aromatic N) is 2. The summed E-state index contributed by atoms with van der Waals surface area (Å²) >= 11 is 0. The number of nitrogens with two attached hydrogens (primary N) is 1. The van der Waals surface area contributed by atoms with Gasteiger partial charge in [0.15, 0.2) is 0 Å². The van der Waals surface area contributed by atoms with Gasteiger partial charge in [0, 0.05) is 35.9 Å². The molecule has 3 N–H and O–H groups in total. The molecule has 34 heavy (non-hydrogen) atoms. The van der Waals surface area contributed by atoms with Gasteiger partial charge in [0.25, 0.3) is 0 Å². The third-order valence-corrected chi connectivity index (χ3v) is 7.69. The molecule has 7 nitrogen and oxygen atoms in total. The number of carbonyl (C=O) groups is 2. The number of benzene rings is 1. The third-order valence-electron chi connectivity index (χ3n) is 7.69. The summed E-state index contributed by atoms with van der Waals surface area (Å²) in [5, 5.41) is 8.90. The van der Waals surface area contributed by atoms with Crippen LogP contribution in [0.3, 0.4) is 0 Å². The number of nitrogen functional groups attached to an aromatic ring is 1. The number of likely N-dealkylation sites (tertiary alicyclic amines) is 1. The summed E-state index contributed by atoms with van der Waals surface area (Å²) < 4.78 is 7.62. The predicted molar refractivity (Wildman–Crippen MR) is 134 cm³/mol. The van der Waals surface area contributed by atoms with Gasteiger partial charge in [-0.15, -0.1) is 0 Å². The molecule has 2 aromatic rings. The summed E-state index contributed by atoms with van der Waals surface area (Å²) in [6.07, 6.45) is 7.75. The number of nitrogens with one attached hydrogen (secondary N) is 1. The Kier molecular flexibility index (Phi) is 7.59. The first-order valence-corrected chi connectivity index (χ1v) is 12.9. The largest absolute Gasteiger partial charge is 0.465 e. The van der Waals surface area contributed by atoms with Crippen LogP contribution in [0.15, 0.2) is 24.3 Å². The monoisotopic (exact) mass is 466 g/mol. The van der Waals surface area contributed by atoms with Crippen molar-refractivity contribution in [2.45, 2.75) is 77.8 Å². The second-order valence-corrected chi connectivity index (χ2v) is 9.71. The Balaban J connectivity index is 1.50. The Labute approximate surface area is 202 Å². The Morgan fingerprint density at radius 1 is 1.15 bits per heavy atom. The molecule has 1 aromatic carbocycles. The number of aromatic nitrogens is 1. The van der Waals surface area contributed by atoms with Crippen molar-refractivity contribution in [3.63, 3.8) is 0 Å². The van der Waals surface area contributed by atoms with Gasteiger partial charge in [-0.1, -0.05) is 25.0 Å². The highest BCUT2D eigenvalue weighted by Gasteiger charge is 2.42. The van der Waals surface area contributed by atoms with Crippen molar-refractivity contribution < 1.29 is 14.3 Å². The van der Waals surface area contributed by atoms with Crippen molar-refractivity contribution in [1.82, 2.24) is 9.47 Å². The van der Waals surface area contributed by atoms with Crippen molar-refractivity contribution in [2.24, 2.45) is 17.6 Å². The zero-order valence-corrected chi connectivity index (χ0v) is 20.5. The molecule has 1 saturated carbocycles. The van der Waals surface area contributed by atoms with Crippen molar-refractivity contribution >= 4 is 28.6 Å². The summed E-state index contributed by atoms with van der Waals surface area (Å²) in [7, 11) is 0. The average Bonchev–Trinajstić information content (AvgIpc) is 3.56. The van der Waals surface area contributed by atoms with E-state index in [1.54, 1.807) is 6.92 Å². The number of esters is 1. The number of carbonyl (C=O) groups excluding carboxylic acids is 2. The average molecular weight is 467 g/mol. The number of hydrogen-bond donors (Lipinski definition) is 2. The van der Waals surface area contributed by atoms with Crippen LogP contribution in [0.4, 0.5) is 0 Å². The first kappa shape index (κ1) is 24.3. The van der Waals surface area contributed by atoms with Crippen LogP contribution in [-0.2, 0) is 27.3 Å². The van der Waals surface area contributed by atoms with Gasteiger partial charge in [0.05, 0.1) is 6.61 Å². The van der Waals surface area contributed by atoms with Gasteiger partial charge in [-0.25, -0.2) is 0 Å². The van der Waals surface area contributed by atoms with Crippen molar-refractivity contribution in [2.75, 3.05) is 13.2 Å². The Bertz CT molecular complexity index is 1050. The van der Waals surface area contributed by atoms with E-state index >= 15 is 0 Å². The zero-order valence-electron chi connectivity index (χ0n) is 20.5. The highest BCUT2D eigenvalue weighted by atomic mass is 16.5. The Morgan fingerprint density at radius 2 is 1.91 bits per heavy atom. The van der Waals surface area contributed by atoms with Crippen LogP contribution >= 0.6 is 0 Å². The topological polar surface area (TPSA) is 101 Å². The fourth-order valence-corrected chi connectivity index (χ4v) is 6.00. The third kappa shape index (κ3) is 4.84. The van der Waals surface area contributed by atoms with E-state index in [0.717, 1.165) is 80.9 Å². The summed E-state index contributed by atoms with van der Waals surface area (Å²) in [5.74, 6) is -0.806. The zero-order chi connectivity index (χ0) is 24.2. The molecule has 2 atom stereocenters. The number of amidine groups is 1. The molecule has 1 aromatic heterocycles. The van der Waals surface area contributed by atoms with Gasteiger partial charge in [-0.05, 0) is 75.8 Å². The van der Waals surface area contributed by atoms with E-state index in [0.29, 0.717) is 6.61 Å². The van der Waals surface area contributed by atoms with Crippen molar-refractivity contribution in [3.05, 3.63) is 35.5 Å². The molecule has 2 aliphatic rings. The molecule has 1 saturated heterocycles. The second kappa shape index (κ2) is 10.6. The maximum absolute atomic E-state index is 13.6. The lowest BCUT2D eigenvalue weighted by Gasteiger charge is -2.30. The number of rotatable bonds is 9. The van der Waals surface area contributed by atoms with Crippen molar-refractivity contribution in [3.8, 4) is 0 Å². The first-order chi connectivity index (χ1) is 16.4. The quantitative estimate of drug-likeness (QED) is 0.250. The summed E-state index contributed by atoms with van der Waals surface area (Å²) in [6, 6.07) is 8.27. The SMILES string of the molecule is CCOC(=O)C(C(=O)N1CCC[C@H]1CCc1cc2ccc(C(=N)N)cc2n1CC)C1CCCC1. The van der Waals surface area contributed by atoms with E-state index in [4.69, 9.17) is 15.9 Å². The molecular weight excluding hydrogens is 428 g/mol. The van der Waals surface area contributed by atoms with E-state index in [9.17, 15) is 9.59 Å². The highest BCUT2D eigenvalue weighted by molar-refractivity contribution is 5.99. The fraction of sp³-hybridized carbons (Fsp3) is 0.593. The molecule has 0 bridgehead atoms. The van der Waals surface area contributed by atoms with Gasteiger partial charge >= 0.3 is 5.97 Å². The van der Waals surface area contributed by atoms with Gasteiger partial charge in [-0.2, -0.15) is 0 Å². The summed E-state index contributed by atoms with van der Waals surface area (Å²) in [6.45, 7) is 5.80. The smallest absolute Gasteiger partial charge is 0.318 e. The number of hydrogen-bond acceptors (Lipinski definition) is 4. The minimum Gasteiger partial charge on any atom is -0.465 e. The van der Waals surface area contributed by atoms with E-state index in [1.807, 2.05) is 23.1 Å². The molecule has 0 spiro atoms. The van der Waals surface area contributed by atoms with Gasteiger partial charge < -0.3 is 19.9 Å². The lowest BCUT2D eigenvalue weighted by molar-refractivity contribution is -0.158. The summed E-state index contributed by atoms with van der Waals surface area (Å²) in [4.78, 5) is 28.4. The van der Waals surface area contributed by atoms with Crippen LogP contribution in [0.2, 0.25) is 0 Å². The summed E-state index contributed by atoms with van der Waals surface area (Å²) in [5.41, 5.74) is 8.76. The predicted octanol–water partition coefficient (Wildman–Crippen LogP) is 4.24. The number of fused-ring (bicyclic) bond motifs is 1. The first-order valence-electron chi connectivity index (χ1n) is 12.9. The van der Waals surface area contributed by atoms with Crippen LogP contribution in [-0.4, -0.2) is 46.4 Å². The van der Waals surface area contributed by atoms with Crippen LogP contribution in [0.25, 0.3) is 10.9 Å². The molecule has 1 amide bonds. The van der Waals surface area contributed by atoms with E-state index < -0.39 is 5.92 Å². The molecule has 7 heteroatoms. The number of aryl methyl sites for hydroxylation is 2. The van der Waals surface area contributed by atoms with Crippen molar-refractivity contribution in [1.29, 1.82) is 5.41 Å². The van der Waals surface area contributed by atoms with Gasteiger partial charge in [0.1, 0.15) is 11.8 Å². The van der Waals surface area contributed by atoms with Gasteiger partial charge in [0.2, 0.25) is 5.91 Å². The lowest BCUT2D eigenvalue weighted by Crippen LogP contribution is -2.45. The molecule has 2 fully saturated rings. The fourth-order valence-electron chi connectivity index (χ4n) is 6.00. The van der Waals surface area contributed by atoms with E-state index in [2.05, 4.69) is 17.6 Å². The second-order valence-electron chi connectivity index (χ2n) is 9.71. The minimum absolute atomic E-state index is 0.0185. The molecule has 1 unspecified atom stereocenters. The van der Waals surface area contributed by atoms with Crippen LogP contribution in [0.5, 0.6) is 0 Å². The van der Waals surface area contributed by atoms with Gasteiger partial charge in [-0.3, -0.25) is 15.0 Å². The maximum Gasteiger partial charge on any atom is 0.318 e. The van der Waals surface area contributed by atoms with Crippen LogP contribution in [0.1, 0.15) is 70.1 Å². The standard InChI is InChI=1S/C27H38N4O3/c1-3-30-22(16-19-11-12-20(25(28)29)17-23(19)30)14-13-21-10-7-15-31(21)26(32)24(27(33)34-4-2)18-8-5-6-9-18/h11-12,16-18,21,24H,3-10,13-15H2,1-2H3,(H3,28,29)/t21-,24?/m0/s1. The number of ether oxygens (including phenoxy) is 1. The molecular formula is C27H38N4O3. The highest BCUT2D eigenvalue weighted by Crippen LogP contribution is 2.35. The van der Waals surface area contributed by atoms with Crippen LogP contribution < -0.4 is 5.73 Å². The lowest BCUT2D eigenvalue weighted by atomic mass is 9.89. The molecule has 1 aliphatic carbocycles. The normalized spacial score (nSPS) is 19.6. The molecule has 2 heterocycles. The molecule has 0 radical (unpaired) electrons. The maximum atomic E-state index is 13.6. The van der Waals surface area contributed by atoms with E-state index in [1.165, 1.54) is 5.69 Å². The number of amides is 1. The molecule has 184 valence electrons. The molecule has 1 aliphatic heterocycles.